The van der Waals surface area contributed by atoms with E-state index in [1.807, 2.05) is 0 Å². The minimum absolute atomic E-state index is 0.0220. The number of likely N-dealkylation sites (tertiary alicyclic amines) is 1. The predicted molar refractivity (Wildman–Crippen MR) is 93.2 cm³/mol. The number of aliphatic hydroxyl groups is 1. The molecule has 1 amide bonds. The highest BCUT2D eigenvalue weighted by Gasteiger charge is 2.40. The zero-order valence-electron chi connectivity index (χ0n) is 15.0. The molecule has 0 bridgehead atoms. The summed E-state index contributed by atoms with van der Waals surface area (Å²) in [7, 11) is 0. The molecule has 2 fully saturated rings. The van der Waals surface area contributed by atoms with Gasteiger partial charge in [0.1, 0.15) is 24.5 Å². The molecule has 0 saturated carbocycles. The lowest BCUT2D eigenvalue weighted by molar-refractivity contribution is 0.0705. The van der Waals surface area contributed by atoms with Gasteiger partial charge in [0.25, 0.3) is 5.91 Å². The maximum absolute atomic E-state index is 14.8. The summed E-state index contributed by atoms with van der Waals surface area (Å²) >= 11 is 0. The molecule has 3 aliphatic rings. The fourth-order valence-corrected chi connectivity index (χ4v) is 4.10. The van der Waals surface area contributed by atoms with Crippen molar-refractivity contribution in [3.8, 4) is 11.5 Å². The molecule has 3 heterocycles. The molecule has 142 valence electrons. The molecular weight excluding hydrogens is 339 g/mol. The Morgan fingerprint density at radius 3 is 2.92 bits per heavy atom. The van der Waals surface area contributed by atoms with Crippen LogP contribution < -0.4 is 9.47 Å². The highest BCUT2D eigenvalue weighted by atomic mass is 19.1. The summed E-state index contributed by atoms with van der Waals surface area (Å²) in [6, 6.07) is 1.37. The van der Waals surface area contributed by atoms with Crippen LogP contribution in [0.1, 0.15) is 35.2 Å². The van der Waals surface area contributed by atoms with Gasteiger partial charge in [0, 0.05) is 13.1 Å². The van der Waals surface area contributed by atoms with Crippen molar-refractivity contribution in [3.05, 3.63) is 23.0 Å². The number of rotatable bonds is 4. The Hall–Kier alpha value is -1.86. The SMILES string of the molecule is Cc1cc2c(c(OCCN3CCCC3)c1F)C(=O)N1C[C@@H](O)C[C@@H]1CO2. The van der Waals surface area contributed by atoms with Gasteiger partial charge in [-0.15, -0.1) is 0 Å². The molecule has 3 aliphatic heterocycles. The molecule has 7 heteroatoms. The van der Waals surface area contributed by atoms with E-state index in [1.54, 1.807) is 17.9 Å². The monoisotopic (exact) mass is 364 g/mol. The zero-order chi connectivity index (χ0) is 18.3. The Balaban J connectivity index is 1.61. The first kappa shape index (κ1) is 17.5. The Bertz CT molecular complexity index is 705. The van der Waals surface area contributed by atoms with Crippen LogP contribution in [0.15, 0.2) is 6.07 Å². The largest absolute Gasteiger partial charge is 0.490 e. The maximum atomic E-state index is 14.8. The van der Waals surface area contributed by atoms with E-state index in [9.17, 15) is 14.3 Å². The van der Waals surface area contributed by atoms with Crippen molar-refractivity contribution in [2.24, 2.45) is 0 Å². The van der Waals surface area contributed by atoms with Crippen LogP contribution in [0.25, 0.3) is 0 Å². The lowest BCUT2D eigenvalue weighted by Gasteiger charge is -2.22. The minimum Gasteiger partial charge on any atom is -0.490 e. The second kappa shape index (κ2) is 7.04. The lowest BCUT2D eigenvalue weighted by Crippen LogP contribution is -2.37. The molecule has 1 N–H and O–H groups in total. The number of hydrogen-bond donors (Lipinski definition) is 1. The smallest absolute Gasteiger partial charge is 0.261 e. The van der Waals surface area contributed by atoms with Crippen LogP contribution in [-0.2, 0) is 0 Å². The number of aliphatic hydroxyl groups excluding tert-OH is 1. The zero-order valence-corrected chi connectivity index (χ0v) is 15.0. The van der Waals surface area contributed by atoms with Crippen LogP contribution in [0.4, 0.5) is 4.39 Å². The van der Waals surface area contributed by atoms with E-state index in [4.69, 9.17) is 9.47 Å². The molecule has 0 spiro atoms. The summed E-state index contributed by atoms with van der Waals surface area (Å²) in [5, 5.41) is 9.89. The maximum Gasteiger partial charge on any atom is 0.261 e. The van der Waals surface area contributed by atoms with Crippen LogP contribution in [0.2, 0.25) is 0 Å². The second-order valence-electron chi connectivity index (χ2n) is 7.42. The Kier molecular flexibility index (Phi) is 4.75. The number of carbonyl (C=O) groups is 1. The first-order valence-corrected chi connectivity index (χ1v) is 9.34. The van der Waals surface area contributed by atoms with Crippen LogP contribution in [0, 0.1) is 12.7 Å². The van der Waals surface area contributed by atoms with Crippen LogP contribution in [0.3, 0.4) is 0 Å². The number of benzene rings is 1. The minimum atomic E-state index is -0.566. The molecule has 0 radical (unpaired) electrons. The third kappa shape index (κ3) is 3.14. The van der Waals surface area contributed by atoms with Gasteiger partial charge in [0.2, 0.25) is 0 Å². The van der Waals surface area contributed by atoms with E-state index in [-0.39, 0.29) is 29.8 Å². The first-order valence-electron chi connectivity index (χ1n) is 9.34. The summed E-state index contributed by atoms with van der Waals surface area (Å²) in [5.41, 5.74) is 0.543. The van der Waals surface area contributed by atoms with Crippen molar-refractivity contribution in [3.63, 3.8) is 0 Å². The van der Waals surface area contributed by atoms with Gasteiger partial charge in [-0.1, -0.05) is 0 Å². The van der Waals surface area contributed by atoms with Gasteiger partial charge in [-0.05, 0) is 50.9 Å². The van der Waals surface area contributed by atoms with E-state index in [1.165, 1.54) is 12.8 Å². The molecule has 26 heavy (non-hydrogen) atoms. The summed E-state index contributed by atoms with van der Waals surface area (Å²) in [6.07, 6.45) is 2.27. The number of amides is 1. The van der Waals surface area contributed by atoms with Gasteiger partial charge in [-0.3, -0.25) is 9.69 Å². The number of fused-ring (bicyclic) bond motifs is 2. The van der Waals surface area contributed by atoms with Gasteiger partial charge in [0.05, 0.1) is 12.1 Å². The molecule has 1 aromatic rings. The third-order valence-electron chi connectivity index (χ3n) is 5.52. The second-order valence-corrected chi connectivity index (χ2v) is 7.42. The van der Waals surface area contributed by atoms with Crippen molar-refractivity contribution in [1.29, 1.82) is 0 Å². The van der Waals surface area contributed by atoms with Crippen molar-refractivity contribution >= 4 is 5.91 Å². The fraction of sp³-hybridized carbons (Fsp3) is 0.632. The summed E-state index contributed by atoms with van der Waals surface area (Å²) in [5.74, 6) is -0.491. The van der Waals surface area contributed by atoms with Gasteiger partial charge >= 0.3 is 0 Å². The third-order valence-corrected chi connectivity index (χ3v) is 5.52. The van der Waals surface area contributed by atoms with Crippen molar-refractivity contribution in [1.82, 2.24) is 9.80 Å². The van der Waals surface area contributed by atoms with Gasteiger partial charge < -0.3 is 19.5 Å². The fourth-order valence-electron chi connectivity index (χ4n) is 4.10. The number of halogens is 1. The number of hydrogen-bond acceptors (Lipinski definition) is 5. The molecule has 1 aromatic carbocycles. The average molecular weight is 364 g/mol. The van der Waals surface area contributed by atoms with Crippen molar-refractivity contribution in [2.75, 3.05) is 39.4 Å². The number of nitrogens with zero attached hydrogens (tertiary/aromatic N) is 2. The Morgan fingerprint density at radius 2 is 2.15 bits per heavy atom. The van der Waals surface area contributed by atoms with E-state index in [0.717, 1.165) is 13.1 Å². The van der Waals surface area contributed by atoms with Crippen LogP contribution in [0.5, 0.6) is 11.5 Å². The van der Waals surface area contributed by atoms with Crippen molar-refractivity contribution < 1.29 is 23.8 Å². The van der Waals surface area contributed by atoms with E-state index in [0.29, 0.717) is 37.5 Å². The topological polar surface area (TPSA) is 62.2 Å². The normalized spacial score (nSPS) is 25.7. The molecule has 2 saturated heterocycles. The van der Waals surface area contributed by atoms with Crippen molar-refractivity contribution in [2.45, 2.75) is 38.3 Å². The summed E-state index contributed by atoms with van der Waals surface area (Å²) in [4.78, 5) is 16.9. The summed E-state index contributed by atoms with van der Waals surface area (Å²) in [6.45, 7) is 5.30. The first-order chi connectivity index (χ1) is 12.5. The van der Waals surface area contributed by atoms with E-state index < -0.39 is 11.9 Å². The molecule has 6 nitrogen and oxygen atoms in total. The number of ether oxygens (including phenoxy) is 2. The standard InChI is InChI=1S/C19H25FN2O4/c1-12-8-15-16(19(24)22-10-14(23)9-13(22)11-26-15)18(17(12)20)25-7-6-21-4-2-3-5-21/h8,13-14,23H,2-7,9-11H2,1H3/t13-,14+/m1/s1. The van der Waals surface area contributed by atoms with Crippen LogP contribution >= 0.6 is 0 Å². The van der Waals surface area contributed by atoms with Gasteiger partial charge in [-0.25, -0.2) is 4.39 Å². The molecular formula is C19H25FN2O4. The van der Waals surface area contributed by atoms with E-state index >= 15 is 0 Å². The Labute approximate surface area is 152 Å². The molecule has 0 unspecified atom stereocenters. The van der Waals surface area contributed by atoms with Gasteiger partial charge in [0.15, 0.2) is 11.6 Å². The van der Waals surface area contributed by atoms with Gasteiger partial charge in [-0.2, -0.15) is 0 Å². The number of aryl methyl sites for hydroxylation is 1. The average Bonchev–Trinajstić information content (AvgIpc) is 3.23. The highest BCUT2D eigenvalue weighted by molar-refractivity contribution is 6.00. The van der Waals surface area contributed by atoms with Crippen LogP contribution in [-0.4, -0.2) is 72.4 Å². The Morgan fingerprint density at radius 1 is 1.38 bits per heavy atom. The lowest BCUT2D eigenvalue weighted by atomic mass is 10.1. The summed E-state index contributed by atoms with van der Waals surface area (Å²) < 4.78 is 26.4. The molecule has 0 aliphatic carbocycles. The quantitative estimate of drug-likeness (QED) is 0.879. The molecule has 4 rings (SSSR count). The predicted octanol–water partition coefficient (Wildman–Crippen LogP) is 1.58. The molecule has 2 atom stereocenters. The molecule has 0 aromatic heterocycles. The number of carbonyl (C=O) groups excluding carboxylic acids is 1. The van der Waals surface area contributed by atoms with E-state index in [2.05, 4.69) is 4.90 Å². The highest BCUT2D eigenvalue weighted by Crippen LogP contribution is 2.38.